The summed E-state index contributed by atoms with van der Waals surface area (Å²) in [5, 5.41) is 11.7. The van der Waals surface area contributed by atoms with E-state index in [1.54, 1.807) is 11.0 Å². The van der Waals surface area contributed by atoms with Crippen LogP contribution in [0.4, 0.5) is 0 Å². The predicted octanol–water partition coefficient (Wildman–Crippen LogP) is -0.670. The number of nitrogens with one attached hydrogen (secondary N) is 1. The standard InChI is InChI=1S/C15H23N5O3/c16-5-2-7-19(12-21)11-13(10-17)15(23)18-6-3-9-20-8-1-4-14(20)22/h11-12H,1-9,16H2,(H,18,23)/b13-11-. The van der Waals surface area contributed by atoms with Gasteiger partial charge in [0.1, 0.15) is 11.6 Å². The van der Waals surface area contributed by atoms with E-state index in [4.69, 9.17) is 11.0 Å². The van der Waals surface area contributed by atoms with Gasteiger partial charge in [-0.05, 0) is 25.8 Å². The molecule has 0 aliphatic carbocycles. The maximum absolute atomic E-state index is 11.9. The maximum atomic E-state index is 11.9. The minimum atomic E-state index is -0.528. The normalized spacial score (nSPS) is 14.5. The Labute approximate surface area is 135 Å². The van der Waals surface area contributed by atoms with Crippen molar-refractivity contribution in [3.05, 3.63) is 11.8 Å². The highest BCUT2D eigenvalue weighted by molar-refractivity contribution is 5.97. The highest BCUT2D eigenvalue weighted by Crippen LogP contribution is 2.09. The number of carbonyl (C=O) groups excluding carboxylic acids is 3. The first-order chi connectivity index (χ1) is 11.1. The fraction of sp³-hybridized carbons (Fsp3) is 0.600. The Morgan fingerprint density at radius 1 is 1.48 bits per heavy atom. The van der Waals surface area contributed by atoms with Crippen LogP contribution in [0.5, 0.6) is 0 Å². The third kappa shape index (κ3) is 6.48. The molecule has 3 N–H and O–H groups in total. The zero-order valence-electron chi connectivity index (χ0n) is 13.2. The summed E-state index contributed by atoms with van der Waals surface area (Å²) < 4.78 is 0. The van der Waals surface area contributed by atoms with E-state index in [0.717, 1.165) is 13.0 Å². The van der Waals surface area contributed by atoms with Crippen molar-refractivity contribution in [3.8, 4) is 6.07 Å². The number of nitriles is 1. The molecular formula is C15H23N5O3. The molecule has 1 rings (SSSR count). The molecule has 0 unspecified atom stereocenters. The van der Waals surface area contributed by atoms with Crippen molar-refractivity contribution in [2.75, 3.05) is 32.7 Å². The average molecular weight is 321 g/mol. The van der Waals surface area contributed by atoms with E-state index in [2.05, 4.69) is 5.32 Å². The molecule has 126 valence electrons. The van der Waals surface area contributed by atoms with Crippen molar-refractivity contribution in [1.82, 2.24) is 15.1 Å². The van der Waals surface area contributed by atoms with E-state index in [1.165, 1.54) is 11.1 Å². The molecule has 0 spiro atoms. The lowest BCUT2D eigenvalue weighted by molar-refractivity contribution is -0.127. The Kier molecular flexibility index (Phi) is 8.39. The van der Waals surface area contributed by atoms with Crippen LogP contribution in [0.3, 0.4) is 0 Å². The second kappa shape index (κ2) is 10.3. The second-order valence-electron chi connectivity index (χ2n) is 5.23. The zero-order chi connectivity index (χ0) is 17.1. The molecule has 1 heterocycles. The lowest BCUT2D eigenvalue weighted by atomic mass is 10.2. The minimum Gasteiger partial charge on any atom is -0.351 e. The van der Waals surface area contributed by atoms with E-state index >= 15 is 0 Å². The molecule has 1 fully saturated rings. The third-order valence-electron chi connectivity index (χ3n) is 3.48. The van der Waals surface area contributed by atoms with Gasteiger partial charge < -0.3 is 20.9 Å². The van der Waals surface area contributed by atoms with Crippen molar-refractivity contribution in [1.29, 1.82) is 5.26 Å². The molecule has 0 bridgehead atoms. The van der Waals surface area contributed by atoms with Crippen LogP contribution in [0, 0.1) is 11.3 Å². The number of likely N-dealkylation sites (tertiary alicyclic amines) is 1. The zero-order valence-corrected chi connectivity index (χ0v) is 13.2. The summed E-state index contributed by atoms with van der Waals surface area (Å²) in [7, 11) is 0. The topological polar surface area (TPSA) is 120 Å². The van der Waals surface area contributed by atoms with Crippen LogP contribution in [0.1, 0.15) is 25.7 Å². The second-order valence-corrected chi connectivity index (χ2v) is 5.23. The van der Waals surface area contributed by atoms with Crippen molar-refractivity contribution in [3.63, 3.8) is 0 Å². The number of nitrogens with zero attached hydrogens (tertiary/aromatic N) is 3. The van der Waals surface area contributed by atoms with E-state index < -0.39 is 5.91 Å². The molecule has 0 aromatic carbocycles. The van der Waals surface area contributed by atoms with Gasteiger partial charge >= 0.3 is 0 Å². The molecule has 3 amide bonds. The van der Waals surface area contributed by atoms with Gasteiger partial charge in [-0.1, -0.05) is 0 Å². The van der Waals surface area contributed by atoms with Crippen molar-refractivity contribution in [2.24, 2.45) is 5.73 Å². The number of amides is 3. The van der Waals surface area contributed by atoms with Crippen LogP contribution in [0.25, 0.3) is 0 Å². The van der Waals surface area contributed by atoms with Gasteiger partial charge in [0.05, 0.1) is 0 Å². The summed E-state index contributed by atoms with van der Waals surface area (Å²) in [5.41, 5.74) is 5.23. The van der Waals surface area contributed by atoms with Gasteiger partial charge in [0.15, 0.2) is 0 Å². The summed E-state index contributed by atoms with van der Waals surface area (Å²) in [5.74, 6) is -0.379. The quantitative estimate of drug-likeness (QED) is 0.239. The molecular weight excluding hydrogens is 298 g/mol. The van der Waals surface area contributed by atoms with Crippen LogP contribution in [-0.4, -0.2) is 60.7 Å². The molecule has 0 aromatic rings. The third-order valence-corrected chi connectivity index (χ3v) is 3.48. The van der Waals surface area contributed by atoms with E-state index in [-0.39, 0.29) is 11.5 Å². The first-order valence-corrected chi connectivity index (χ1v) is 7.71. The Morgan fingerprint density at radius 3 is 2.83 bits per heavy atom. The van der Waals surface area contributed by atoms with E-state index in [1.807, 2.05) is 0 Å². The first kappa shape index (κ1) is 18.6. The molecule has 0 atom stereocenters. The van der Waals surface area contributed by atoms with Crippen LogP contribution < -0.4 is 11.1 Å². The number of carbonyl (C=O) groups is 3. The van der Waals surface area contributed by atoms with Crippen LogP contribution in [0.2, 0.25) is 0 Å². The largest absolute Gasteiger partial charge is 0.351 e. The molecule has 8 nitrogen and oxygen atoms in total. The van der Waals surface area contributed by atoms with Crippen LogP contribution in [0.15, 0.2) is 11.8 Å². The summed E-state index contributed by atoms with van der Waals surface area (Å²) in [6.45, 7) is 2.51. The first-order valence-electron chi connectivity index (χ1n) is 7.71. The fourth-order valence-electron chi connectivity index (χ4n) is 2.23. The number of hydrogen-bond acceptors (Lipinski definition) is 5. The summed E-state index contributed by atoms with van der Waals surface area (Å²) in [6.07, 6.45) is 4.47. The Bertz CT molecular complexity index is 498. The van der Waals surface area contributed by atoms with Gasteiger partial charge in [0.2, 0.25) is 12.3 Å². The molecule has 0 radical (unpaired) electrons. The van der Waals surface area contributed by atoms with Gasteiger partial charge in [-0.15, -0.1) is 0 Å². The lowest BCUT2D eigenvalue weighted by Gasteiger charge is -2.15. The van der Waals surface area contributed by atoms with Crippen LogP contribution in [-0.2, 0) is 14.4 Å². The smallest absolute Gasteiger partial charge is 0.263 e. The number of nitrogens with two attached hydrogens (primary N) is 1. The maximum Gasteiger partial charge on any atom is 0.263 e. The fourth-order valence-corrected chi connectivity index (χ4v) is 2.23. The van der Waals surface area contributed by atoms with Gasteiger partial charge in [-0.2, -0.15) is 5.26 Å². The van der Waals surface area contributed by atoms with Gasteiger partial charge in [0, 0.05) is 38.8 Å². The van der Waals surface area contributed by atoms with Gasteiger partial charge in [-0.25, -0.2) is 0 Å². The number of hydrogen-bond donors (Lipinski definition) is 2. The van der Waals surface area contributed by atoms with Crippen molar-refractivity contribution < 1.29 is 14.4 Å². The Balaban J connectivity index is 2.39. The van der Waals surface area contributed by atoms with E-state index in [9.17, 15) is 14.4 Å². The number of rotatable bonds is 10. The van der Waals surface area contributed by atoms with Gasteiger partial charge in [-0.3, -0.25) is 14.4 Å². The SMILES string of the molecule is N#C/C(=C/N(C=O)CCCN)C(=O)NCCCN1CCCC1=O. The molecule has 0 saturated carbocycles. The Morgan fingerprint density at radius 2 is 2.26 bits per heavy atom. The monoisotopic (exact) mass is 321 g/mol. The molecule has 0 aromatic heterocycles. The van der Waals surface area contributed by atoms with Gasteiger partial charge in [0.25, 0.3) is 5.91 Å². The van der Waals surface area contributed by atoms with Crippen molar-refractivity contribution >= 4 is 18.2 Å². The molecule has 8 heteroatoms. The minimum absolute atomic E-state index is 0.133. The predicted molar refractivity (Wildman–Crippen MR) is 83.6 cm³/mol. The molecule has 1 saturated heterocycles. The van der Waals surface area contributed by atoms with Crippen molar-refractivity contribution in [2.45, 2.75) is 25.7 Å². The van der Waals surface area contributed by atoms with E-state index in [0.29, 0.717) is 51.9 Å². The summed E-state index contributed by atoms with van der Waals surface area (Å²) in [4.78, 5) is 37.2. The summed E-state index contributed by atoms with van der Waals surface area (Å²) in [6, 6.07) is 1.78. The highest BCUT2D eigenvalue weighted by atomic mass is 16.2. The van der Waals surface area contributed by atoms with Crippen LogP contribution >= 0.6 is 0 Å². The molecule has 1 aliphatic heterocycles. The summed E-state index contributed by atoms with van der Waals surface area (Å²) >= 11 is 0. The molecule has 23 heavy (non-hydrogen) atoms. The molecule has 1 aliphatic rings. The average Bonchev–Trinajstić information content (AvgIpc) is 2.97. The highest BCUT2D eigenvalue weighted by Gasteiger charge is 2.19. The Hall–Kier alpha value is -2.40. The lowest BCUT2D eigenvalue weighted by Crippen LogP contribution is -2.31.